The number of hydrogen-bond donors (Lipinski definition) is 2. The number of nitrogens with one attached hydrogen (secondary N) is 2. The van der Waals surface area contributed by atoms with Gasteiger partial charge in [0.1, 0.15) is 17.3 Å². The molecule has 2 aromatic carbocycles. The molecule has 7 heteroatoms. The van der Waals surface area contributed by atoms with Crippen LogP contribution in [-0.4, -0.2) is 43.1 Å². The zero-order valence-corrected chi connectivity index (χ0v) is 16.8. The van der Waals surface area contributed by atoms with Gasteiger partial charge in [-0.3, -0.25) is 4.79 Å². The molecular weight excluding hydrogens is 366 g/mol. The molecule has 0 unspecified atom stereocenters. The molecule has 0 radical (unpaired) electrons. The van der Waals surface area contributed by atoms with Crippen molar-refractivity contribution in [2.45, 2.75) is 6.92 Å². The Balaban J connectivity index is 1.47. The SMILES string of the molecule is Cc1cc(N(C)C)nc(NCCNC(=O)c2ccc(Oc3ccccc3)cc2)n1. The molecule has 0 fully saturated rings. The summed E-state index contributed by atoms with van der Waals surface area (Å²) in [6, 6.07) is 18.5. The Morgan fingerprint density at radius 1 is 0.966 bits per heavy atom. The van der Waals surface area contributed by atoms with Crippen molar-refractivity contribution >= 4 is 17.7 Å². The van der Waals surface area contributed by atoms with Crippen LogP contribution in [0.2, 0.25) is 0 Å². The predicted octanol–water partition coefficient (Wildman–Crippen LogP) is 3.49. The number of carbonyl (C=O) groups is 1. The highest BCUT2D eigenvalue weighted by Crippen LogP contribution is 2.21. The van der Waals surface area contributed by atoms with Crippen molar-refractivity contribution in [2.24, 2.45) is 0 Å². The maximum absolute atomic E-state index is 12.3. The summed E-state index contributed by atoms with van der Waals surface area (Å²) < 4.78 is 5.74. The number of amides is 1. The summed E-state index contributed by atoms with van der Waals surface area (Å²) in [6.07, 6.45) is 0. The van der Waals surface area contributed by atoms with Gasteiger partial charge in [0.15, 0.2) is 0 Å². The number of anilines is 2. The number of nitrogens with zero attached hydrogens (tertiary/aromatic N) is 3. The van der Waals surface area contributed by atoms with Crippen LogP contribution < -0.4 is 20.3 Å². The van der Waals surface area contributed by atoms with Crippen molar-refractivity contribution in [3.05, 3.63) is 71.9 Å². The van der Waals surface area contributed by atoms with Gasteiger partial charge in [-0.2, -0.15) is 4.98 Å². The van der Waals surface area contributed by atoms with Crippen LogP contribution in [0.3, 0.4) is 0 Å². The smallest absolute Gasteiger partial charge is 0.251 e. The van der Waals surface area contributed by atoms with Crippen molar-refractivity contribution in [1.82, 2.24) is 15.3 Å². The molecule has 1 heterocycles. The van der Waals surface area contributed by atoms with E-state index in [4.69, 9.17) is 4.74 Å². The highest BCUT2D eigenvalue weighted by atomic mass is 16.5. The molecule has 1 aromatic heterocycles. The lowest BCUT2D eigenvalue weighted by Gasteiger charge is -2.14. The lowest BCUT2D eigenvalue weighted by Crippen LogP contribution is -2.29. The van der Waals surface area contributed by atoms with E-state index in [0.29, 0.717) is 30.4 Å². The number of benzene rings is 2. The molecule has 0 aliphatic heterocycles. The van der Waals surface area contributed by atoms with Gasteiger partial charge in [0, 0.05) is 44.5 Å². The monoisotopic (exact) mass is 391 g/mol. The fraction of sp³-hybridized carbons (Fsp3) is 0.227. The predicted molar refractivity (Wildman–Crippen MR) is 115 cm³/mol. The third-order valence-electron chi connectivity index (χ3n) is 4.09. The van der Waals surface area contributed by atoms with Crippen molar-refractivity contribution in [1.29, 1.82) is 0 Å². The van der Waals surface area contributed by atoms with Crippen LogP contribution in [0.25, 0.3) is 0 Å². The van der Waals surface area contributed by atoms with E-state index < -0.39 is 0 Å². The van der Waals surface area contributed by atoms with Gasteiger partial charge in [0.2, 0.25) is 5.95 Å². The Kier molecular flexibility index (Phi) is 6.63. The van der Waals surface area contributed by atoms with E-state index in [0.717, 1.165) is 17.3 Å². The first-order valence-electron chi connectivity index (χ1n) is 9.39. The molecule has 0 atom stereocenters. The minimum absolute atomic E-state index is 0.141. The summed E-state index contributed by atoms with van der Waals surface area (Å²) >= 11 is 0. The van der Waals surface area contributed by atoms with E-state index in [1.165, 1.54) is 0 Å². The molecule has 0 bridgehead atoms. The summed E-state index contributed by atoms with van der Waals surface area (Å²) in [5.74, 6) is 2.68. The van der Waals surface area contributed by atoms with Gasteiger partial charge in [-0.1, -0.05) is 18.2 Å². The van der Waals surface area contributed by atoms with Gasteiger partial charge in [0.05, 0.1) is 0 Å². The van der Waals surface area contributed by atoms with E-state index in [2.05, 4.69) is 20.6 Å². The van der Waals surface area contributed by atoms with E-state index in [1.54, 1.807) is 24.3 Å². The quantitative estimate of drug-likeness (QED) is 0.572. The van der Waals surface area contributed by atoms with Gasteiger partial charge >= 0.3 is 0 Å². The van der Waals surface area contributed by atoms with Crippen LogP contribution in [-0.2, 0) is 0 Å². The summed E-state index contributed by atoms with van der Waals surface area (Å²) in [7, 11) is 3.86. The van der Waals surface area contributed by atoms with Crippen molar-refractivity contribution < 1.29 is 9.53 Å². The number of ether oxygens (including phenoxy) is 1. The number of carbonyl (C=O) groups excluding carboxylic acids is 1. The van der Waals surface area contributed by atoms with Crippen LogP contribution in [0.5, 0.6) is 11.5 Å². The minimum atomic E-state index is -0.141. The van der Waals surface area contributed by atoms with Crippen molar-refractivity contribution in [2.75, 3.05) is 37.4 Å². The number of aryl methyl sites for hydroxylation is 1. The maximum atomic E-state index is 12.3. The normalized spacial score (nSPS) is 10.3. The molecule has 2 N–H and O–H groups in total. The molecule has 29 heavy (non-hydrogen) atoms. The first kappa shape index (κ1) is 20.1. The second-order valence-electron chi connectivity index (χ2n) is 6.71. The van der Waals surface area contributed by atoms with Gasteiger partial charge in [-0.25, -0.2) is 4.98 Å². The lowest BCUT2D eigenvalue weighted by atomic mass is 10.2. The molecule has 0 aliphatic carbocycles. The largest absolute Gasteiger partial charge is 0.457 e. The number of rotatable bonds is 8. The molecule has 3 aromatic rings. The van der Waals surface area contributed by atoms with Crippen molar-refractivity contribution in [3.63, 3.8) is 0 Å². The third-order valence-corrected chi connectivity index (χ3v) is 4.09. The van der Waals surface area contributed by atoms with Crippen LogP contribution in [0.1, 0.15) is 16.1 Å². The second kappa shape index (κ2) is 9.54. The highest BCUT2D eigenvalue weighted by molar-refractivity contribution is 5.94. The average molecular weight is 391 g/mol. The highest BCUT2D eigenvalue weighted by Gasteiger charge is 2.07. The maximum Gasteiger partial charge on any atom is 0.251 e. The lowest BCUT2D eigenvalue weighted by molar-refractivity contribution is 0.0955. The van der Waals surface area contributed by atoms with Gasteiger partial charge in [-0.05, 0) is 43.3 Å². The average Bonchev–Trinajstić information content (AvgIpc) is 2.72. The number of aromatic nitrogens is 2. The van der Waals surface area contributed by atoms with E-state index in [9.17, 15) is 4.79 Å². The van der Waals surface area contributed by atoms with Gasteiger partial charge < -0.3 is 20.3 Å². The fourth-order valence-corrected chi connectivity index (χ4v) is 2.61. The Bertz CT molecular complexity index is 943. The van der Waals surface area contributed by atoms with E-state index in [1.807, 2.05) is 62.3 Å². The van der Waals surface area contributed by atoms with Crippen LogP contribution >= 0.6 is 0 Å². The Labute approximate surface area is 170 Å². The zero-order valence-electron chi connectivity index (χ0n) is 16.8. The minimum Gasteiger partial charge on any atom is -0.457 e. The first-order chi connectivity index (χ1) is 14.0. The summed E-state index contributed by atoms with van der Waals surface area (Å²) in [4.78, 5) is 23.0. The summed E-state index contributed by atoms with van der Waals surface area (Å²) in [5.41, 5.74) is 1.46. The molecule has 0 spiro atoms. The Hall–Kier alpha value is -3.61. The Morgan fingerprint density at radius 3 is 2.34 bits per heavy atom. The molecule has 0 saturated heterocycles. The molecular formula is C22H25N5O2. The standard InChI is InChI=1S/C22H25N5O2/c1-16-15-20(27(2)3)26-22(25-16)24-14-13-23-21(28)17-9-11-19(12-10-17)29-18-7-5-4-6-8-18/h4-12,15H,13-14H2,1-3H3,(H,23,28)(H,24,25,26). The van der Waals surface area contributed by atoms with E-state index in [-0.39, 0.29) is 5.91 Å². The van der Waals surface area contributed by atoms with Crippen LogP contribution in [0.15, 0.2) is 60.7 Å². The van der Waals surface area contributed by atoms with E-state index >= 15 is 0 Å². The topological polar surface area (TPSA) is 79.4 Å². The van der Waals surface area contributed by atoms with Crippen LogP contribution in [0, 0.1) is 6.92 Å². The molecule has 7 nitrogen and oxygen atoms in total. The molecule has 1 amide bonds. The third kappa shape index (κ3) is 5.93. The summed E-state index contributed by atoms with van der Waals surface area (Å²) in [5, 5.41) is 6.02. The fourth-order valence-electron chi connectivity index (χ4n) is 2.61. The molecule has 0 aliphatic rings. The zero-order chi connectivity index (χ0) is 20.6. The molecule has 150 valence electrons. The first-order valence-corrected chi connectivity index (χ1v) is 9.39. The number of hydrogen-bond acceptors (Lipinski definition) is 6. The molecule has 0 saturated carbocycles. The Morgan fingerprint density at radius 2 is 1.66 bits per heavy atom. The van der Waals surface area contributed by atoms with Crippen molar-refractivity contribution in [3.8, 4) is 11.5 Å². The van der Waals surface area contributed by atoms with Gasteiger partial charge in [-0.15, -0.1) is 0 Å². The second-order valence-corrected chi connectivity index (χ2v) is 6.71. The van der Waals surface area contributed by atoms with Gasteiger partial charge in [0.25, 0.3) is 5.91 Å². The molecule has 3 rings (SSSR count). The van der Waals surface area contributed by atoms with Crippen LogP contribution in [0.4, 0.5) is 11.8 Å². The summed E-state index contributed by atoms with van der Waals surface area (Å²) in [6.45, 7) is 2.90. The number of para-hydroxylation sites is 1.